The number of hydrogen-bond acceptors (Lipinski definition) is 2. The van der Waals surface area contributed by atoms with E-state index in [2.05, 4.69) is 5.32 Å². The van der Waals surface area contributed by atoms with Crippen LogP contribution < -0.4 is 5.32 Å². The molecule has 0 aliphatic rings. The van der Waals surface area contributed by atoms with E-state index < -0.39 is 17.7 Å². The van der Waals surface area contributed by atoms with E-state index in [1.807, 2.05) is 19.9 Å². The van der Waals surface area contributed by atoms with Gasteiger partial charge in [-0.25, -0.2) is 8.78 Å². The van der Waals surface area contributed by atoms with Gasteiger partial charge in [-0.2, -0.15) is 0 Å². The van der Waals surface area contributed by atoms with Crippen LogP contribution in [-0.2, 0) is 6.42 Å². The lowest BCUT2D eigenvalue weighted by Crippen LogP contribution is -2.26. The van der Waals surface area contributed by atoms with Gasteiger partial charge in [0.15, 0.2) is 0 Å². The van der Waals surface area contributed by atoms with Crippen molar-refractivity contribution in [2.75, 3.05) is 0 Å². The Kier molecular flexibility index (Phi) is 4.73. The lowest BCUT2D eigenvalue weighted by atomic mass is 10.1. The van der Waals surface area contributed by atoms with Gasteiger partial charge in [-0.3, -0.25) is 4.79 Å². The van der Waals surface area contributed by atoms with Gasteiger partial charge in [0, 0.05) is 16.5 Å². The molecule has 1 aromatic carbocycles. The zero-order valence-electron chi connectivity index (χ0n) is 12.2. The van der Waals surface area contributed by atoms with Crippen molar-refractivity contribution in [2.24, 2.45) is 0 Å². The largest absolute Gasteiger partial charge is 0.345 e. The van der Waals surface area contributed by atoms with Gasteiger partial charge in [-0.05, 0) is 38.0 Å². The van der Waals surface area contributed by atoms with Gasteiger partial charge in [0.1, 0.15) is 11.6 Å². The van der Waals surface area contributed by atoms with Crippen LogP contribution in [0.5, 0.6) is 0 Å². The predicted molar refractivity (Wildman–Crippen MR) is 80.7 cm³/mol. The highest BCUT2D eigenvalue weighted by Gasteiger charge is 2.17. The molecule has 0 radical (unpaired) electrons. The number of rotatable bonds is 4. The average molecular weight is 309 g/mol. The normalized spacial score (nSPS) is 12.2. The van der Waals surface area contributed by atoms with Crippen molar-refractivity contribution in [3.8, 4) is 0 Å². The van der Waals surface area contributed by atoms with Crippen LogP contribution in [0, 0.1) is 18.6 Å². The lowest BCUT2D eigenvalue weighted by molar-refractivity contribution is 0.0943. The van der Waals surface area contributed by atoms with Gasteiger partial charge < -0.3 is 5.32 Å². The summed E-state index contributed by atoms with van der Waals surface area (Å²) in [6, 6.07) is 4.68. The third-order valence-corrected chi connectivity index (χ3v) is 4.72. The number of amides is 1. The summed E-state index contributed by atoms with van der Waals surface area (Å²) in [6.45, 7) is 5.68. The zero-order chi connectivity index (χ0) is 15.6. The molecule has 0 fully saturated rings. The lowest BCUT2D eigenvalue weighted by Gasteiger charge is -2.14. The summed E-state index contributed by atoms with van der Waals surface area (Å²) in [7, 11) is 0. The monoisotopic (exact) mass is 309 g/mol. The van der Waals surface area contributed by atoms with Crippen molar-refractivity contribution < 1.29 is 13.6 Å². The summed E-state index contributed by atoms with van der Waals surface area (Å²) in [5.74, 6) is -1.52. The molecule has 1 aromatic heterocycles. The number of nitrogens with one attached hydrogen (secondary N) is 1. The van der Waals surface area contributed by atoms with Crippen LogP contribution in [0.25, 0.3) is 0 Å². The van der Waals surface area contributed by atoms with E-state index in [1.165, 1.54) is 28.3 Å². The third kappa shape index (κ3) is 3.47. The molecule has 0 spiro atoms. The summed E-state index contributed by atoms with van der Waals surface area (Å²) >= 11 is 1.45. The molecule has 0 aliphatic carbocycles. The quantitative estimate of drug-likeness (QED) is 0.891. The summed E-state index contributed by atoms with van der Waals surface area (Å²) in [5.41, 5.74) is 1.36. The van der Waals surface area contributed by atoms with Crippen molar-refractivity contribution >= 4 is 17.2 Å². The molecule has 1 amide bonds. The number of benzene rings is 1. The molecule has 21 heavy (non-hydrogen) atoms. The molecule has 2 nitrogen and oxygen atoms in total. The third-order valence-electron chi connectivity index (χ3n) is 3.34. The highest BCUT2D eigenvalue weighted by molar-refractivity contribution is 7.14. The second-order valence-corrected chi connectivity index (χ2v) is 6.07. The maximum absolute atomic E-state index is 13.7. The number of hydrogen-bond donors (Lipinski definition) is 1. The minimum absolute atomic E-state index is 0.237. The molecule has 5 heteroatoms. The van der Waals surface area contributed by atoms with E-state index >= 15 is 0 Å². The van der Waals surface area contributed by atoms with Gasteiger partial charge in [0.05, 0.1) is 10.9 Å². The van der Waals surface area contributed by atoms with Crippen molar-refractivity contribution in [2.45, 2.75) is 33.2 Å². The Morgan fingerprint density at radius 2 is 2.05 bits per heavy atom. The molecule has 1 unspecified atom stereocenters. The average Bonchev–Trinajstić information content (AvgIpc) is 2.79. The molecule has 112 valence electrons. The first kappa shape index (κ1) is 15.6. The van der Waals surface area contributed by atoms with Gasteiger partial charge >= 0.3 is 0 Å². The molecule has 1 heterocycles. The smallest absolute Gasteiger partial charge is 0.261 e. The van der Waals surface area contributed by atoms with Crippen molar-refractivity contribution in [3.05, 3.63) is 56.8 Å². The number of carbonyl (C=O) groups is 1. The Morgan fingerprint density at radius 1 is 1.33 bits per heavy atom. The maximum atomic E-state index is 13.7. The Bertz CT molecular complexity index is 666. The fraction of sp³-hybridized carbons (Fsp3) is 0.312. The van der Waals surface area contributed by atoms with Crippen LogP contribution in [0.15, 0.2) is 24.3 Å². The van der Waals surface area contributed by atoms with Crippen LogP contribution in [0.2, 0.25) is 0 Å². The SMILES string of the molecule is CCc1sc(C(=O)NC(C)c2ccc(F)cc2F)cc1C. The molecule has 1 atom stereocenters. The minimum atomic E-state index is -0.653. The fourth-order valence-electron chi connectivity index (χ4n) is 2.18. The second-order valence-electron chi connectivity index (χ2n) is 4.93. The Morgan fingerprint density at radius 3 is 2.62 bits per heavy atom. The number of aryl methyl sites for hydroxylation is 2. The fourth-order valence-corrected chi connectivity index (χ4v) is 3.20. The standard InChI is InChI=1S/C16H17F2NOS/c1-4-14-9(2)7-15(21-14)16(20)19-10(3)12-6-5-11(17)8-13(12)18/h5-8,10H,4H2,1-3H3,(H,19,20). The van der Waals surface area contributed by atoms with Gasteiger partial charge in [-0.15, -0.1) is 11.3 Å². The van der Waals surface area contributed by atoms with Crippen LogP contribution >= 0.6 is 11.3 Å². The molecule has 1 N–H and O–H groups in total. The van der Waals surface area contributed by atoms with E-state index in [0.29, 0.717) is 4.88 Å². The Hall–Kier alpha value is -1.75. The zero-order valence-corrected chi connectivity index (χ0v) is 13.0. The number of halogens is 2. The van der Waals surface area contributed by atoms with Gasteiger partial charge in [0.25, 0.3) is 5.91 Å². The first-order valence-corrected chi connectivity index (χ1v) is 7.59. The van der Waals surface area contributed by atoms with E-state index in [4.69, 9.17) is 0 Å². The Balaban J connectivity index is 2.14. The van der Waals surface area contributed by atoms with E-state index in [9.17, 15) is 13.6 Å². The minimum Gasteiger partial charge on any atom is -0.345 e. The van der Waals surface area contributed by atoms with Crippen LogP contribution in [0.1, 0.15) is 45.6 Å². The number of thiophene rings is 1. The maximum Gasteiger partial charge on any atom is 0.261 e. The molecular weight excluding hydrogens is 292 g/mol. The second kappa shape index (κ2) is 6.35. The Labute approximate surface area is 126 Å². The first-order chi connectivity index (χ1) is 9.92. The van der Waals surface area contributed by atoms with Gasteiger partial charge in [-0.1, -0.05) is 13.0 Å². The van der Waals surface area contributed by atoms with Crippen molar-refractivity contribution in [1.29, 1.82) is 0 Å². The van der Waals surface area contributed by atoms with Crippen molar-refractivity contribution in [3.63, 3.8) is 0 Å². The van der Waals surface area contributed by atoms with E-state index in [-0.39, 0.29) is 11.5 Å². The van der Waals surface area contributed by atoms with Crippen LogP contribution in [-0.4, -0.2) is 5.91 Å². The molecule has 2 aromatic rings. The molecule has 2 rings (SSSR count). The van der Waals surface area contributed by atoms with E-state index in [1.54, 1.807) is 6.92 Å². The number of carbonyl (C=O) groups excluding carboxylic acids is 1. The van der Waals surface area contributed by atoms with Crippen LogP contribution in [0.4, 0.5) is 8.78 Å². The summed E-state index contributed by atoms with van der Waals surface area (Å²) < 4.78 is 26.6. The highest BCUT2D eigenvalue weighted by atomic mass is 32.1. The summed E-state index contributed by atoms with van der Waals surface area (Å²) in [5, 5.41) is 2.75. The summed E-state index contributed by atoms with van der Waals surface area (Å²) in [6.07, 6.45) is 0.881. The predicted octanol–water partition coefficient (Wildman–Crippen LogP) is 4.39. The van der Waals surface area contributed by atoms with E-state index in [0.717, 1.165) is 18.1 Å². The highest BCUT2D eigenvalue weighted by Crippen LogP contribution is 2.24. The first-order valence-electron chi connectivity index (χ1n) is 6.77. The van der Waals surface area contributed by atoms with Crippen LogP contribution in [0.3, 0.4) is 0 Å². The molecule has 0 saturated carbocycles. The molecule has 0 bridgehead atoms. The summed E-state index contributed by atoms with van der Waals surface area (Å²) in [4.78, 5) is 14.0. The molecule has 0 aliphatic heterocycles. The molecular formula is C16H17F2NOS. The topological polar surface area (TPSA) is 29.1 Å². The van der Waals surface area contributed by atoms with Gasteiger partial charge in [0.2, 0.25) is 0 Å². The molecule has 0 saturated heterocycles. The van der Waals surface area contributed by atoms with Crippen molar-refractivity contribution in [1.82, 2.24) is 5.32 Å².